The second kappa shape index (κ2) is 7.91. The Morgan fingerprint density at radius 1 is 1.04 bits per heavy atom. The lowest BCUT2D eigenvalue weighted by atomic mass is 10.1. The number of aromatic nitrogens is 2. The number of alkyl halides is 3. The van der Waals surface area contributed by atoms with Crippen molar-refractivity contribution in [1.82, 2.24) is 15.1 Å². The first-order chi connectivity index (χ1) is 12.9. The van der Waals surface area contributed by atoms with Crippen LogP contribution in [0.4, 0.5) is 24.8 Å². The molecule has 1 amide bonds. The summed E-state index contributed by atoms with van der Waals surface area (Å²) < 4.78 is 37.7. The maximum Gasteiger partial charge on any atom is 0.416 e. The average Bonchev–Trinajstić information content (AvgIpc) is 2.68. The number of likely N-dealkylation sites (N-methyl/N-ethyl adjacent to an activating group) is 1. The van der Waals surface area contributed by atoms with Gasteiger partial charge in [0.1, 0.15) is 0 Å². The molecule has 9 heteroatoms. The molecular weight excluding hydrogens is 359 g/mol. The number of halogens is 3. The molecule has 0 atom stereocenters. The smallest absolute Gasteiger partial charge is 0.353 e. The quantitative estimate of drug-likeness (QED) is 0.885. The first-order valence-electron chi connectivity index (χ1n) is 8.66. The molecule has 0 spiro atoms. The molecule has 2 aromatic rings. The largest absolute Gasteiger partial charge is 0.416 e. The van der Waals surface area contributed by atoms with Gasteiger partial charge in [0.2, 0.25) is 0 Å². The number of hydrogen-bond acceptors (Lipinski definition) is 5. The van der Waals surface area contributed by atoms with Gasteiger partial charge >= 0.3 is 6.18 Å². The molecule has 0 aliphatic carbocycles. The van der Waals surface area contributed by atoms with Gasteiger partial charge in [-0.15, -0.1) is 10.2 Å². The van der Waals surface area contributed by atoms with Crippen LogP contribution in [0.3, 0.4) is 0 Å². The van der Waals surface area contributed by atoms with Gasteiger partial charge in [-0.05, 0) is 42.9 Å². The normalized spacial score (nSPS) is 15.6. The van der Waals surface area contributed by atoms with Crippen molar-refractivity contribution >= 4 is 17.5 Å². The number of amides is 1. The lowest BCUT2D eigenvalue weighted by Gasteiger charge is -2.34. The van der Waals surface area contributed by atoms with Crippen LogP contribution in [0.1, 0.15) is 22.8 Å². The van der Waals surface area contributed by atoms with Crippen LogP contribution in [0, 0.1) is 0 Å². The molecule has 0 saturated carbocycles. The van der Waals surface area contributed by atoms with Crippen molar-refractivity contribution in [2.75, 3.05) is 42.9 Å². The van der Waals surface area contributed by atoms with E-state index in [0.29, 0.717) is 0 Å². The number of anilines is 2. The van der Waals surface area contributed by atoms with E-state index in [-0.39, 0.29) is 11.4 Å². The van der Waals surface area contributed by atoms with E-state index in [9.17, 15) is 18.0 Å². The summed E-state index contributed by atoms with van der Waals surface area (Å²) in [6.45, 7) is 6.80. The van der Waals surface area contributed by atoms with Crippen LogP contribution in [0.2, 0.25) is 0 Å². The minimum Gasteiger partial charge on any atom is -0.353 e. The molecule has 3 rings (SSSR count). The molecule has 1 fully saturated rings. The van der Waals surface area contributed by atoms with Crippen LogP contribution in [-0.2, 0) is 6.18 Å². The predicted molar refractivity (Wildman–Crippen MR) is 95.8 cm³/mol. The van der Waals surface area contributed by atoms with Gasteiger partial charge in [0.15, 0.2) is 11.6 Å². The van der Waals surface area contributed by atoms with Crippen LogP contribution in [-0.4, -0.2) is 53.7 Å². The van der Waals surface area contributed by atoms with Crippen LogP contribution in [0.5, 0.6) is 0 Å². The van der Waals surface area contributed by atoms with Crippen LogP contribution >= 0.6 is 0 Å². The summed E-state index contributed by atoms with van der Waals surface area (Å²) in [5.74, 6) is 0.441. The minimum absolute atomic E-state index is 0.115. The number of benzene rings is 1. The Bertz CT molecular complexity index is 769. The van der Waals surface area contributed by atoms with Crippen LogP contribution in [0.25, 0.3) is 0 Å². The molecule has 0 unspecified atom stereocenters. The minimum atomic E-state index is -4.43. The van der Waals surface area contributed by atoms with Crippen LogP contribution in [0.15, 0.2) is 36.4 Å². The molecule has 1 aromatic heterocycles. The fourth-order valence-electron chi connectivity index (χ4n) is 2.85. The van der Waals surface area contributed by atoms with E-state index < -0.39 is 17.6 Å². The number of carbonyl (C=O) groups is 1. The summed E-state index contributed by atoms with van der Waals surface area (Å²) in [5, 5.41) is 10.7. The topological polar surface area (TPSA) is 61.4 Å². The number of piperazine rings is 1. The zero-order valence-electron chi connectivity index (χ0n) is 14.8. The van der Waals surface area contributed by atoms with Crippen molar-refractivity contribution in [3.05, 3.63) is 47.5 Å². The maximum atomic E-state index is 12.6. The van der Waals surface area contributed by atoms with Gasteiger partial charge < -0.3 is 15.1 Å². The van der Waals surface area contributed by atoms with E-state index in [1.54, 1.807) is 12.1 Å². The zero-order valence-corrected chi connectivity index (χ0v) is 14.8. The Labute approximate surface area is 155 Å². The summed E-state index contributed by atoms with van der Waals surface area (Å²) in [7, 11) is 0. The van der Waals surface area contributed by atoms with E-state index in [4.69, 9.17) is 0 Å². The average molecular weight is 379 g/mol. The molecule has 1 N–H and O–H groups in total. The third-order valence-corrected chi connectivity index (χ3v) is 4.51. The molecule has 1 aliphatic heterocycles. The number of nitrogens with one attached hydrogen (secondary N) is 1. The van der Waals surface area contributed by atoms with Crippen molar-refractivity contribution in [2.45, 2.75) is 13.1 Å². The highest BCUT2D eigenvalue weighted by Crippen LogP contribution is 2.29. The molecule has 2 heterocycles. The monoisotopic (exact) mass is 379 g/mol. The van der Waals surface area contributed by atoms with Crippen LogP contribution < -0.4 is 10.2 Å². The van der Waals surface area contributed by atoms with E-state index in [0.717, 1.165) is 62.8 Å². The van der Waals surface area contributed by atoms with Crippen molar-refractivity contribution in [3.63, 3.8) is 0 Å². The molecule has 0 radical (unpaired) electrons. The highest BCUT2D eigenvalue weighted by molar-refractivity contribution is 6.03. The van der Waals surface area contributed by atoms with Gasteiger partial charge in [-0.1, -0.05) is 6.92 Å². The molecule has 0 bridgehead atoms. The Hall–Kier alpha value is -2.68. The fourth-order valence-corrected chi connectivity index (χ4v) is 2.85. The van der Waals surface area contributed by atoms with Gasteiger partial charge in [-0.25, -0.2) is 0 Å². The van der Waals surface area contributed by atoms with Crippen molar-refractivity contribution in [3.8, 4) is 0 Å². The fraction of sp³-hybridized carbons (Fsp3) is 0.389. The molecule has 1 aromatic carbocycles. The standard InChI is InChI=1S/C18H20F3N5O/c1-2-25-9-11-26(12-10-25)16-8-7-15(23-24-16)22-17(27)13-3-5-14(6-4-13)18(19,20)21/h3-8H,2,9-12H2,1H3,(H,22,23,27). The number of carbonyl (C=O) groups excluding carboxylic acids is 1. The van der Waals surface area contributed by atoms with Gasteiger partial charge in [0, 0.05) is 31.7 Å². The number of nitrogens with zero attached hydrogens (tertiary/aromatic N) is 4. The molecule has 1 aliphatic rings. The second-order valence-electron chi connectivity index (χ2n) is 6.23. The highest BCUT2D eigenvalue weighted by Gasteiger charge is 2.30. The predicted octanol–water partition coefficient (Wildman–Crippen LogP) is 2.89. The van der Waals surface area contributed by atoms with Crippen molar-refractivity contribution in [2.24, 2.45) is 0 Å². The molecule has 1 saturated heterocycles. The van der Waals surface area contributed by atoms with Crippen molar-refractivity contribution in [1.29, 1.82) is 0 Å². The summed E-state index contributed by atoms with van der Waals surface area (Å²) in [4.78, 5) is 16.6. The number of hydrogen-bond donors (Lipinski definition) is 1. The van der Waals surface area contributed by atoms with Crippen molar-refractivity contribution < 1.29 is 18.0 Å². The Balaban J connectivity index is 1.60. The van der Waals surface area contributed by atoms with Gasteiger partial charge in [-0.2, -0.15) is 13.2 Å². The maximum absolute atomic E-state index is 12.6. The van der Waals surface area contributed by atoms with E-state index in [1.807, 2.05) is 0 Å². The molecule has 6 nitrogen and oxygen atoms in total. The first-order valence-corrected chi connectivity index (χ1v) is 8.66. The van der Waals surface area contributed by atoms with Gasteiger partial charge in [0.05, 0.1) is 5.56 Å². The molecule has 144 valence electrons. The molecular formula is C18H20F3N5O. The highest BCUT2D eigenvalue weighted by atomic mass is 19.4. The van der Waals surface area contributed by atoms with E-state index in [2.05, 4.69) is 32.2 Å². The summed E-state index contributed by atoms with van der Waals surface area (Å²) in [6, 6.07) is 7.42. The first kappa shape index (κ1) is 19.1. The van der Waals surface area contributed by atoms with Gasteiger partial charge in [0.25, 0.3) is 5.91 Å². The summed E-state index contributed by atoms with van der Waals surface area (Å²) in [6.07, 6.45) is -4.43. The van der Waals surface area contributed by atoms with Gasteiger partial charge in [-0.3, -0.25) is 4.79 Å². The van der Waals surface area contributed by atoms with E-state index in [1.165, 1.54) is 0 Å². The SMILES string of the molecule is CCN1CCN(c2ccc(NC(=O)c3ccc(C(F)(F)F)cc3)nn2)CC1. The second-order valence-corrected chi connectivity index (χ2v) is 6.23. The molecule has 27 heavy (non-hydrogen) atoms. The summed E-state index contributed by atoms with van der Waals surface area (Å²) in [5.41, 5.74) is -0.684. The Kier molecular flexibility index (Phi) is 5.59. The lowest BCUT2D eigenvalue weighted by Crippen LogP contribution is -2.46. The van der Waals surface area contributed by atoms with E-state index >= 15 is 0 Å². The third kappa shape index (κ3) is 4.73. The third-order valence-electron chi connectivity index (χ3n) is 4.51. The zero-order chi connectivity index (χ0) is 19.4. The lowest BCUT2D eigenvalue weighted by molar-refractivity contribution is -0.137. The summed E-state index contributed by atoms with van der Waals surface area (Å²) >= 11 is 0. The Morgan fingerprint density at radius 2 is 1.70 bits per heavy atom. The Morgan fingerprint density at radius 3 is 2.22 bits per heavy atom. The number of rotatable bonds is 4.